The monoisotopic (exact) mass is 308 g/mol. The van der Waals surface area contributed by atoms with Crippen molar-refractivity contribution < 1.29 is 13.2 Å². The summed E-state index contributed by atoms with van der Waals surface area (Å²) < 4.78 is 38.8. The fourth-order valence-corrected chi connectivity index (χ4v) is 2.96. The zero-order valence-electron chi connectivity index (χ0n) is 11.0. The molecule has 0 unspecified atom stereocenters. The lowest BCUT2D eigenvalue weighted by atomic mass is 10.2. The summed E-state index contributed by atoms with van der Waals surface area (Å²) in [5.74, 6) is 0. The molecular formula is C15H11F3N2S. The Kier molecular flexibility index (Phi) is 3.33. The summed E-state index contributed by atoms with van der Waals surface area (Å²) in [5.41, 5.74) is 1.57. The van der Waals surface area contributed by atoms with Crippen molar-refractivity contribution in [1.29, 1.82) is 0 Å². The highest BCUT2D eigenvalue weighted by molar-refractivity contribution is 7.21. The van der Waals surface area contributed by atoms with E-state index in [9.17, 15) is 13.2 Å². The topological polar surface area (TPSA) is 24.9 Å². The molecular weight excluding hydrogens is 297 g/mol. The van der Waals surface area contributed by atoms with Crippen molar-refractivity contribution in [2.45, 2.75) is 6.18 Å². The number of benzene rings is 2. The van der Waals surface area contributed by atoms with Gasteiger partial charge in [0.15, 0.2) is 0 Å². The summed E-state index contributed by atoms with van der Waals surface area (Å²) in [6, 6.07) is 11.3. The molecule has 0 saturated carbocycles. The first kappa shape index (κ1) is 13.9. The van der Waals surface area contributed by atoms with Crippen LogP contribution in [0.4, 0.5) is 18.9 Å². The van der Waals surface area contributed by atoms with Gasteiger partial charge in [-0.05, 0) is 42.5 Å². The molecule has 0 atom stereocenters. The average molecular weight is 308 g/mol. The molecule has 0 spiro atoms. The van der Waals surface area contributed by atoms with Gasteiger partial charge in [0.25, 0.3) is 0 Å². The van der Waals surface area contributed by atoms with Gasteiger partial charge in [-0.1, -0.05) is 0 Å². The second-order valence-electron chi connectivity index (χ2n) is 4.53. The van der Waals surface area contributed by atoms with Crippen molar-refractivity contribution in [2.75, 3.05) is 12.4 Å². The number of rotatable bonds is 2. The highest BCUT2D eigenvalue weighted by Gasteiger charge is 2.30. The molecule has 1 N–H and O–H groups in total. The molecule has 0 amide bonds. The van der Waals surface area contributed by atoms with Crippen LogP contribution >= 0.6 is 11.3 Å². The summed E-state index contributed by atoms with van der Waals surface area (Å²) in [6.07, 6.45) is -4.34. The van der Waals surface area contributed by atoms with Crippen molar-refractivity contribution in [2.24, 2.45) is 0 Å². The maximum atomic E-state index is 12.7. The Balaban J connectivity index is 2.04. The summed E-state index contributed by atoms with van der Waals surface area (Å²) in [7, 11) is 1.82. The van der Waals surface area contributed by atoms with Crippen molar-refractivity contribution in [3.05, 3.63) is 48.0 Å². The Hall–Kier alpha value is -2.08. The summed E-state index contributed by atoms with van der Waals surface area (Å²) in [4.78, 5) is 4.31. The van der Waals surface area contributed by atoms with Crippen LogP contribution in [0.5, 0.6) is 0 Å². The number of anilines is 1. The second-order valence-corrected chi connectivity index (χ2v) is 5.56. The van der Waals surface area contributed by atoms with Gasteiger partial charge in [0, 0.05) is 18.3 Å². The van der Waals surface area contributed by atoms with Crippen molar-refractivity contribution in [3.8, 4) is 10.6 Å². The molecule has 1 aromatic heterocycles. The highest BCUT2D eigenvalue weighted by Crippen LogP contribution is 2.35. The van der Waals surface area contributed by atoms with Crippen LogP contribution in [-0.4, -0.2) is 12.0 Å². The molecule has 0 saturated heterocycles. The minimum absolute atomic E-state index is 0.377. The lowest BCUT2D eigenvalue weighted by Crippen LogP contribution is -2.03. The van der Waals surface area contributed by atoms with Gasteiger partial charge in [0.2, 0.25) is 0 Å². The Morgan fingerprint density at radius 3 is 2.38 bits per heavy atom. The van der Waals surface area contributed by atoms with Gasteiger partial charge in [-0.2, -0.15) is 13.2 Å². The quantitative estimate of drug-likeness (QED) is 0.718. The zero-order chi connectivity index (χ0) is 15.0. The van der Waals surface area contributed by atoms with Gasteiger partial charge < -0.3 is 5.32 Å². The number of halogens is 3. The predicted octanol–water partition coefficient (Wildman–Crippen LogP) is 5.02. The van der Waals surface area contributed by atoms with Gasteiger partial charge in [-0.3, -0.25) is 0 Å². The lowest BCUT2D eigenvalue weighted by molar-refractivity contribution is -0.137. The first-order valence-corrected chi connectivity index (χ1v) is 7.05. The predicted molar refractivity (Wildman–Crippen MR) is 79.6 cm³/mol. The fourth-order valence-electron chi connectivity index (χ4n) is 2.01. The standard InChI is InChI=1S/C15H11F3N2S/c1-19-11-5-2-9(3-6-11)14-20-12-8-10(15(16,17)18)4-7-13(12)21-14/h2-8,19H,1H3. The van der Waals surface area contributed by atoms with Crippen LogP contribution in [-0.2, 0) is 6.18 Å². The molecule has 21 heavy (non-hydrogen) atoms. The Morgan fingerprint density at radius 2 is 1.76 bits per heavy atom. The zero-order valence-corrected chi connectivity index (χ0v) is 11.8. The molecule has 3 aromatic rings. The number of nitrogens with zero attached hydrogens (tertiary/aromatic N) is 1. The largest absolute Gasteiger partial charge is 0.416 e. The van der Waals surface area contributed by atoms with E-state index in [0.29, 0.717) is 10.5 Å². The smallest absolute Gasteiger partial charge is 0.388 e. The minimum atomic E-state index is -4.34. The summed E-state index contributed by atoms with van der Waals surface area (Å²) in [6.45, 7) is 0. The van der Waals surface area contributed by atoms with Gasteiger partial charge in [-0.25, -0.2) is 4.98 Å². The molecule has 6 heteroatoms. The van der Waals surface area contributed by atoms with E-state index in [1.54, 1.807) is 0 Å². The maximum absolute atomic E-state index is 12.7. The Bertz CT molecular complexity index is 776. The van der Waals surface area contributed by atoms with Crippen LogP contribution in [0.3, 0.4) is 0 Å². The molecule has 3 rings (SSSR count). The minimum Gasteiger partial charge on any atom is -0.388 e. The van der Waals surface area contributed by atoms with Crippen LogP contribution in [0.1, 0.15) is 5.56 Å². The first-order valence-electron chi connectivity index (χ1n) is 6.23. The number of nitrogens with one attached hydrogen (secondary N) is 1. The Labute approximate surface area is 123 Å². The third kappa shape index (κ3) is 2.71. The highest BCUT2D eigenvalue weighted by atomic mass is 32.1. The SMILES string of the molecule is CNc1ccc(-c2nc3cc(C(F)(F)F)ccc3s2)cc1. The van der Waals surface area contributed by atoms with E-state index >= 15 is 0 Å². The number of hydrogen-bond acceptors (Lipinski definition) is 3. The third-order valence-corrected chi connectivity index (χ3v) is 4.22. The number of hydrogen-bond donors (Lipinski definition) is 1. The van der Waals surface area contributed by atoms with Crippen LogP contribution in [0.15, 0.2) is 42.5 Å². The van der Waals surface area contributed by atoms with Crippen molar-refractivity contribution in [1.82, 2.24) is 4.98 Å². The van der Waals surface area contributed by atoms with E-state index < -0.39 is 11.7 Å². The van der Waals surface area contributed by atoms with Gasteiger partial charge in [0.1, 0.15) is 5.01 Å². The maximum Gasteiger partial charge on any atom is 0.416 e. The van der Waals surface area contributed by atoms with E-state index in [0.717, 1.165) is 28.1 Å². The number of alkyl halides is 3. The Morgan fingerprint density at radius 1 is 1.05 bits per heavy atom. The molecule has 108 valence electrons. The second kappa shape index (κ2) is 5.04. The van der Waals surface area contributed by atoms with E-state index in [2.05, 4.69) is 10.3 Å². The average Bonchev–Trinajstić information content (AvgIpc) is 2.89. The van der Waals surface area contributed by atoms with E-state index in [4.69, 9.17) is 0 Å². The summed E-state index contributed by atoms with van der Waals surface area (Å²) in [5, 5.41) is 3.73. The molecule has 2 aromatic carbocycles. The molecule has 0 fully saturated rings. The van der Waals surface area contributed by atoms with E-state index in [1.165, 1.54) is 17.4 Å². The molecule has 1 heterocycles. The van der Waals surface area contributed by atoms with Crippen LogP contribution in [0.2, 0.25) is 0 Å². The molecule has 0 bridgehead atoms. The first-order chi connectivity index (χ1) is 9.97. The van der Waals surface area contributed by atoms with Gasteiger partial charge >= 0.3 is 6.18 Å². The third-order valence-electron chi connectivity index (χ3n) is 3.14. The fraction of sp³-hybridized carbons (Fsp3) is 0.133. The van der Waals surface area contributed by atoms with Crippen LogP contribution < -0.4 is 5.32 Å². The normalized spacial score (nSPS) is 11.8. The van der Waals surface area contributed by atoms with Crippen LogP contribution in [0.25, 0.3) is 20.8 Å². The molecule has 2 nitrogen and oxygen atoms in total. The molecule has 0 aliphatic heterocycles. The molecule has 0 aliphatic carbocycles. The summed E-state index contributed by atoms with van der Waals surface area (Å²) >= 11 is 1.38. The number of fused-ring (bicyclic) bond motifs is 1. The molecule has 0 radical (unpaired) electrons. The molecule has 0 aliphatic rings. The number of aromatic nitrogens is 1. The lowest BCUT2D eigenvalue weighted by Gasteiger charge is -2.04. The van der Waals surface area contributed by atoms with Crippen LogP contribution in [0, 0.1) is 0 Å². The number of thiazole rings is 1. The van der Waals surface area contributed by atoms with E-state index in [1.807, 2.05) is 31.3 Å². The van der Waals surface area contributed by atoms with Gasteiger partial charge in [-0.15, -0.1) is 11.3 Å². The van der Waals surface area contributed by atoms with E-state index in [-0.39, 0.29) is 0 Å². The van der Waals surface area contributed by atoms with Crippen molar-refractivity contribution in [3.63, 3.8) is 0 Å². The van der Waals surface area contributed by atoms with Gasteiger partial charge in [0.05, 0.1) is 15.8 Å². The van der Waals surface area contributed by atoms with Crippen molar-refractivity contribution >= 4 is 27.2 Å².